The predicted octanol–water partition coefficient (Wildman–Crippen LogP) is 0.875. The van der Waals surface area contributed by atoms with Gasteiger partial charge in [-0.15, -0.1) is 0 Å². The van der Waals surface area contributed by atoms with Gasteiger partial charge in [0, 0.05) is 5.92 Å². The average molecular weight is 194 g/mol. The van der Waals surface area contributed by atoms with Gasteiger partial charge in [0.25, 0.3) is 0 Å². The summed E-state index contributed by atoms with van der Waals surface area (Å²) in [7, 11) is 0. The zero-order valence-corrected chi connectivity index (χ0v) is 7.93. The molecule has 3 heteroatoms. The molecule has 3 rings (SSSR count). The minimum absolute atomic E-state index is 0.0749. The Bertz CT molecular complexity index is 297. The van der Waals surface area contributed by atoms with Crippen molar-refractivity contribution < 1.29 is 14.6 Å². The quantitative estimate of drug-likeness (QED) is 0.460. The minimum Gasteiger partial charge on any atom is -0.462 e. The van der Waals surface area contributed by atoms with Crippen LogP contribution in [0.15, 0.2) is 12.2 Å². The highest BCUT2D eigenvalue weighted by atomic mass is 16.6. The lowest BCUT2D eigenvalue weighted by Crippen LogP contribution is -2.42. The molecule has 3 nitrogen and oxygen atoms in total. The standard InChI is InChI=1S/C11H14O3/c12-8-4-5-9-10-6(8)2-1-3-7(10)11(13)14-9/h1,3,6-10,12H,2,4-5H2/t6-,7+,8?,9-,10-/m1/s1. The van der Waals surface area contributed by atoms with E-state index in [1.165, 1.54) is 0 Å². The molecule has 1 unspecified atom stereocenters. The molecule has 14 heavy (non-hydrogen) atoms. The van der Waals surface area contributed by atoms with Gasteiger partial charge in [0.15, 0.2) is 0 Å². The van der Waals surface area contributed by atoms with Gasteiger partial charge >= 0.3 is 5.97 Å². The largest absolute Gasteiger partial charge is 0.462 e. The van der Waals surface area contributed by atoms with Crippen LogP contribution in [0.1, 0.15) is 19.3 Å². The number of allylic oxidation sites excluding steroid dienone is 1. The molecule has 1 N–H and O–H groups in total. The van der Waals surface area contributed by atoms with Crippen LogP contribution in [0.4, 0.5) is 0 Å². The predicted molar refractivity (Wildman–Crippen MR) is 49.3 cm³/mol. The Labute approximate surface area is 82.8 Å². The second kappa shape index (κ2) is 2.83. The van der Waals surface area contributed by atoms with Gasteiger partial charge in [0.1, 0.15) is 6.10 Å². The zero-order valence-electron chi connectivity index (χ0n) is 7.93. The normalized spacial score (nSPS) is 50.1. The number of ether oxygens (including phenoxy) is 1. The molecule has 3 aliphatic rings. The van der Waals surface area contributed by atoms with Crippen molar-refractivity contribution in [2.24, 2.45) is 17.8 Å². The molecule has 0 amide bonds. The first-order valence-corrected chi connectivity index (χ1v) is 5.32. The van der Waals surface area contributed by atoms with Crippen molar-refractivity contribution in [3.05, 3.63) is 12.2 Å². The Morgan fingerprint density at radius 3 is 3.14 bits per heavy atom. The molecule has 0 aromatic heterocycles. The summed E-state index contributed by atoms with van der Waals surface area (Å²) < 4.78 is 5.33. The van der Waals surface area contributed by atoms with E-state index in [2.05, 4.69) is 0 Å². The summed E-state index contributed by atoms with van der Waals surface area (Å²) >= 11 is 0. The molecule has 0 radical (unpaired) electrons. The van der Waals surface area contributed by atoms with Crippen LogP contribution in [0.2, 0.25) is 0 Å². The molecule has 76 valence electrons. The molecule has 1 saturated heterocycles. The third-order valence-electron chi connectivity index (χ3n) is 3.87. The van der Waals surface area contributed by atoms with Crippen LogP contribution in [0, 0.1) is 17.8 Å². The third kappa shape index (κ3) is 0.989. The fourth-order valence-corrected chi connectivity index (χ4v) is 3.20. The number of hydrogen-bond acceptors (Lipinski definition) is 3. The summed E-state index contributed by atoms with van der Waals surface area (Å²) in [5.41, 5.74) is 0. The van der Waals surface area contributed by atoms with Gasteiger partial charge in [-0.25, -0.2) is 0 Å². The van der Waals surface area contributed by atoms with Crippen LogP contribution in [0.3, 0.4) is 0 Å². The fourth-order valence-electron chi connectivity index (χ4n) is 3.20. The monoisotopic (exact) mass is 194 g/mol. The summed E-state index contributed by atoms with van der Waals surface area (Å²) in [6.45, 7) is 0. The summed E-state index contributed by atoms with van der Waals surface area (Å²) in [5, 5.41) is 9.85. The minimum atomic E-state index is -0.238. The topological polar surface area (TPSA) is 46.5 Å². The Balaban J connectivity index is 1.97. The maximum Gasteiger partial charge on any atom is 0.313 e. The summed E-state index contributed by atoms with van der Waals surface area (Å²) in [5.74, 6) is 0.329. The van der Waals surface area contributed by atoms with Gasteiger partial charge in [-0.05, 0) is 25.2 Å². The lowest BCUT2D eigenvalue weighted by atomic mass is 9.67. The molecule has 0 aromatic rings. The highest BCUT2D eigenvalue weighted by molar-refractivity contribution is 5.77. The van der Waals surface area contributed by atoms with Gasteiger partial charge in [-0.3, -0.25) is 4.79 Å². The number of rotatable bonds is 0. The molecule has 0 spiro atoms. The van der Waals surface area contributed by atoms with Crippen molar-refractivity contribution in [2.75, 3.05) is 0 Å². The van der Waals surface area contributed by atoms with E-state index in [4.69, 9.17) is 4.74 Å². The van der Waals surface area contributed by atoms with Crippen molar-refractivity contribution in [3.8, 4) is 0 Å². The zero-order chi connectivity index (χ0) is 9.71. The summed E-state index contributed by atoms with van der Waals surface area (Å²) in [6.07, 6.45) is 6.32. The molecule has 1 heterocycles. The molecule has 1 saturated carbocycles. The van der Waals surface area contributed by atoms with E-state index < -0.39 is 0 Å². The molecule has 0 bridgehead atoms. The van der Waals surface area contributed by atoms with Crippen LogP contribution in [0.25, 0.3) is 0 Å². The lowest BCUT2D eigenvalue weighted by Gasteiger charge is -2.38. The number of esters is 1. The maximum absolute atomic E-state index is 11.5. The van der Waals surface area contributed by atoms with E-state index in [9.17, 15) is 9.90 Å². The first kappa shape index (κ1) is 8.48. The van der Waals surface area contributed by atoms with Crippen molar-refractivity contribution in [1.29, 1.82) is 0 Å². The van der Waals surface area contributed by atoms with Crippen molar-refractivity contribution >= 4 is 5.97 Å². The van der Waals surface area contributed by atoms with Crippen LogP contribution >= 0.6 is 0 Å². The lowest BCUT2D eigenvalue weighted by molar-refractivity contribution is -0.144. The number of carbonyl (C=O) groups is 1. The highest BCUT2D eigenvalue weighted by Gasteiger charge is 2.52. The Morgan fingerprint density at radius 1 is 1.43 bits per heavy atom. The maximum atomic E-state index is 11.5. The molecule has 2 aliphatic carbocycles. The van der Waals surface area contributed by atoms with Crippen molar-refractivity contribution in [2.45, 2.75) is 31.5 Å². The first-order valence-electron chi connectivity index (χ1n) is 5.32. The number of carbonyl (C=O) groups excluding carboxylic acids is 1. The SMILES string of the molecule is O=C1O[C@@H]2CCC(O)[C@H]3CC=C[C@H]1[C@@H]32. The Hall–Kier alpha value is -0.830. The van der Waals surface area contributed by atoms with Gasteiger partial charge in [-0.2, -0.15) is 0 Å². The van der Waals surface area contributed by atoms with Crippen molar-refractivity contribution in [1.82, 2.24) is 0 Å². The second-order valence-electron chi connectivity index (χ2n) is 4.55. The van der Waals surface area contributed by atoms with Crippen LogP contribution in [-0.2, 0) is 9.53 Å². The second-order valence-corrected chi connectivity index (χ2v) is 4.55. The molecular formula is C11H14O3. The van der Waals surface area contributed by atoms with E-state index in [1.807, 2.05) is 12.2 Å². The van der Waals surface area contributed by atoms with Gasteiger partial charge in [0.2, 0.25) is 0 Å². The van der Waals surface area contributed by atoms with Gasteiger partial charge in [-0.1, -0.05) is 12.2 Å². The van der Waals surface area contributed by atoms with Crippen LogP contribution < -0.4 is 0 Å². The summed E-state index contributed by atoms with van der Waals surface area (Å²) in [6, 6.07) is 0. The fraction of sp³-hybridized carbons (Fsp3) is 0.727. The third-order valence-corrected chi connectivity index (χ3v) is 3.87. The van der Waals surface area contributed by atoms with E-state index in [1.54, 1.807) is 0 Å². The number of aliphatic hydroxyl groups excluding tert-OH is 1. The van der Waals surface area contributed by atoms with E-state index >= 15 is 0 Å². The number of aliphatic hydroxyl groups is 1. The van der Waals surface area contributed by atoms with Gasteiger partial charge < -0.3 is 9.84 Å². The van der Waals surface area contributed by atoms with Gasteiger partial charge in [0.05, 0.1) is 12.0 Å². The summed E-state index contributed by atoms with van der Waals surface area (Å²) in [4.78, 5) is 11.5. The molecule has 0 aromatic carbocycles. The van der Waals surface area contributed by atoms with E-state index in [-0.39, 0.29) is 35.9 Å². The Kier molecular flexibility index (Phi) is 1.71. The molecular weight excluding hydrogens is 180 g/mol. The van der Waals surface area contributed by atoms with Crippen LogP contribution in [-0.4, -0.2) is 23.3 Å². The molecule has 1 aliphatic heterocycles. The van der Waals surface area contributed by atoms with Crippen molar-refractivity contribution in [3.63, 3.8) is 0 Å². The number of hydrogen-bond donors (Lipinski definition) is 1. The first-order chi connectivity index (χ1) is 6.77. The van der Waals surface area contributed by atoms with E-state index in [0.29, 0.717) is 0 Å². The molecule has 2 fully saturated rings. The average Bonchev–Trinajstić information content (AvgIpc) is 2.52. The highest BCUT2D eigenvalue weighted by Crippen LogP contribution is 2.46. The molecule has 5 atom stereocenters. The Morgan fingerprint density at radius 2 is 2.29 bits per heavy atom. The van der Waals surface area contributed by atoms with Crippen LogP contribution in [0.5, 0.6) is 0 Å². The smallest absolute Gasteiger partial charge is 0.313 e. The van der Waals surface area contributed by atoms with E-state index in [0.717, 1.165) is 19.3 Å².